The second-order valence-electron chi connectivity index (χ2n) is 6.85. The van der Waals surface area contributed by atoms with Crippen molar-refractivity contribution in [3.63, 3.8) is 0 Å². The molecule has 0 unspecified atom stereocenters. The molecule has 2 aromatic heterocycles. The lowest BCUT2D eigenvalue weighted by molar-refractivity contribution is 0.0692. The highest BCUT2D eigenvalue weighted by atomic mass is 16.4. The highest BCUT2D eigenvalue weighted by Gasteiger charge is 2.25. The first-order valence-corrected chi connectivity index (χ1v) is 8.72. The molecular formula is C21H22N2O3. The number of fused-ring (bicyclic) bond motifs is 1. The van der Waals surface area contributed by atoms with E-state index in [0.29, 0.717) is 11.5 Å². The van der Waals surface area contributed by atoms with Crippen LogP contribution in [0.5, 0.6) is 0 Å². The van der Waals surface area contributed by atoms with Gasteiger partial charge in [-0.25, -0.2) is 4.79 Å². The van der Waals surface area contributed by atoms with Crippen molar-refractivity contribution in [3.05, 3.63) is 65.1 Å². The Balaban J connectivity index is 2.18. The summed E-state index contributed by atoms with van der Waals surface area (Å²) in [4.78, 5) is 28.8. The van der Waals surface area contributed by atoms with Gasteiger partial charge in [0.15, 0.2) is 0 Å². The van der Waals surface area contributed by atoms with Gasteiger partial charge in [-0.1, -0.05) is 32.0 Å². The van der Waals surface area contributed by atoms with Crippen LogP contribution >= 0.6 is 0 Å². The van der Waals surface area contributed by atoms with Crippen molar-refractivity contribution in [2.24, 2.45) is 5.92 Å². The van der Waals surface area contributed by atoms with Crippen molar-refractivity contribution in [1.29, 1.82) is 0 Å². The molecule has 0 aliphatic carbocycles. The van der Waals surface area contributed by atoms with Gasteiger partial charge in [-0.05, 0) is 37.5 Å². The molecule has 0 amide bonds. The number of aromatic carboxylic acids is 1. The molecule has 0 aliphatic rings. The van der Waals surface area contributed by atoms with Crippen molar-refractivity contribution in [2.45, 2.75) is 33.7 Å². The molecule has 0 atom stereocenters. The number of nitrogens with zero attached hydrogens (tertiary/aromatic N) is 2. The zero-order valence-corrected chi connectivity index (χ0v) is 15.2. The summed E-state index contributed by atoms with van der Waals surface area (Å²) in [7, 11) is 0. The second kappa shape index (κ2) is 7.12. The first kappa shape index (κ1) is 17.9. The molecule has 134 valence electrons. The summed E-state index contributed by atoms with van der Waals surface area (Å²) in [5, 5.41) is 10.2. The normalized spacial score (nSPS) is 11.2. The monoisotopic (exact) mass is 350 g/mol. The third-order valence-electron chi connectivity index (χ3n) is 4.64. The Kier molecular flexibility index (Phi) is 4.89. The molecule has 5 heteroatoms. The van der Waals surface area contributed by atoms with Crippen LogP contribution in [-0.2, 0) is 6.54 Å². The molecule has 0 saturated carbocycles. The van der Waals surface area contributed by atoms with Gasteiger partial charge in [0, 0.05) is 29.3 Å². The number of hydrogen-bond donors (Lipinski definition) is 1. The number of rotatable bonds is 6. The maximum absolute atomic E-state index is 13.2. The van der Waals surface area contributed by atoms with E-state index >= 15 is 0 Å². The second-order valence-corrected chi connectivity index (χ2v) is 6.85. The van der Waals surface area contributed by atoms with E-state index in [0.717, 1.165) is 29.6 Å². The predicted octanol–water partition coefficient (Wildman–Crippen LogP) is 4.32. The summed E-state index contributed by atoms with van der Waals surface area (Å²) < 4.78 is 2.14. The van der Waals surface area contributed by atoms with E-state index in [2.05, 4.69) is 23.4 Å². The Morgan fingerprint density at radius 2 is 1.88 bits per heavy atom. The Hall–Kier alpha value is -2.95. The lowest BCUT2D eigenvalue weighted by atomic mass is 10.0. The van der Waals surface area contributed by atoms with E-state index in [9.17, 15) is 14.7 Å². The number of carbonyl (C=O) groups is 2. The van der Waals surface area contributed by atoms with Gasteiger partial charge in [-0.3, -0.25) is 9.78 Å². The van der Waals surface area contributed by atoms with E-state index in [-0.39, 0.29) is 17.0 Å². The van der Waals surface area contributed by atoms with Gasteiger partial charge in [-0.2, -0.15) is 0 Å². The molecule has 5 nitrogen and oxygen atoms in total. The number of pyridine rings is 1. The number of para-hydroxylation sites is 1. The largest absolute Gasteiger partial charge is 0.478 e. The minimum atomic E-state index is -1.15. The number of benzene rings is 1. The van der Waals surface area contributed by atoms with Crippen LogP contribution in [0.2, 0.25) is 0 Å². The SMILES string of the molecule is Cc1c(C(=O)c2ncccc2C(=O)O)c2ccccc2n1CCC(C)C. The minimum Gasteiger partial charge on any atom is -0.478 e. The molecule has 0 aliphatic heterocycles. The average Bonchev–Trinajstić information content (AvgIpc) is 2.90. The van der Waals surface area contributed by atoms with Crippen LogP contribution in [0.4, 0.5) is 0 Å². The molecule has 0 saturated heterocycles. The molecule has 1 aromatic carbocycles. The van der Waals surface area contributed by atoms with Crippen molar-refractivity contribution in [1.82, 2.24) is 9.55 Å². The van der Waals surface area contributed by atoms with E-state index in [1.165, 1.54) is 18.3 Å². The maximum atomic E-state index is 13.2. The van der Waals surface area contributed by atoms with Crippen LogP contribution in [0.3, 0.4) is 0 Å². The third kappa shape index (κ3) is 3.12. The fourth-order valence-corrected chi connectivity index (χ4v) is 3.27. The van der Waals surface area contributed by atoms with E-state index < -0.39 is 5.97 Å². The first-order chi connectivity index (χ1) is 12.4. The van der Waals surface area contributed by atoms with Crippen LogP contribution in [0, 0.1) is 12.8 Å². The highest BCUT2D eigenvalue weighted by Crippen LogP contribution is 2.29. The molecule has 0 radical (unpaired) electrons. The van der Waals surface area contributed by atoms with Crippen LogP contribution in [0.25, 0.3) is 10.9 Å². The molecule has 3 aromatic rings. The Morgan fingerprint density at radius 3 is 2.58 bits per heavy atom. The smallest absolute Gasteiger partial charge is 0.338 e. The van der Waals surface area contributed by atoms with Gasteiger partial charge in [0.25, 0.3) is 0 Å². The summed E-state index contributed by atoms with van der Waals surface area (Å²) in [6.07, 6.45) is 2.45. The molecule has 0 fully saturated rings. The number of hydrogen-bond acceptors (Lipinski definition) is 3. The number of carbonyl (C=O) groups excluding carboxylic acids is 1. The zero-order chi connectivity index (χ0) is 18.8. The number of carboxylic acids is 1. The average molecular weight is 350 g/mol. The number of carboxylic acid groups (broad SMARTS) is 1. The van der Waals surface area contributed by atoms with Gasteiger partial charge in [0.2, 0.25) is 5.78 Å². The topological polar surface area (TPSA) is 72.2 Å². The minimum absolute atomic E-state index is 0.0186. The highest BCUT2D eigenvalue weighted by molar-refractivity contribution is 6.19. The Bertz CT molecular complexity index is 986. The molecule has 2 heterocycles. The fourth-order valence-electron chi connectivity index (χ4n) is 3.27. The summed E-state index contributed by atoms with van der Waals surface area (Å²) in [5.41, 5.74) is 2.27. The lowest BCUT2D eigenvalue weighted by Gasteiger charge is -2.10. The molecule has 1 N–H and O–H groups in total. The molecule has 3 rings (SSSR count). The van der Waals surface area contributed by atoms with Crippen molar-refractivity contribution in [3.8, 4) is 0 Å². The summed E-state index contributed by atoms with van der Waals surface area (Å²) in [6.45, 7) is 7.06. The van der Waals surface area contributed by atoms with Gasteiger partial charge >= 0.3 is 5.97 Å². The number of aromatic nitrogens is 2. The van der Waals surface area contributed by atoms with Crippen LogP contribution in [0.15, 0.2) is 42.6 Å². The third-order valence-corrected chi connectivity index (χ3v) is 4.64. The quantitative estimate of drug-likeness (QED) is 0.672. The standard InChI is InChI=1S/C21H22N2O3/c1-13(2)10-12-23-14(3)18(15-7-4-5-9-17(15)23)20(24)19-16(21(25)26)8-6-11-22-19/h4-9,11,13H,10,12H2,1-3H3,(H,25,26). The van der Waals surface area contributed by atoms with Crippen LogP contribution in [-0.4, -0.2) is 26.4 Å². The Labute approximate surface area is 152 Å². The molecular weight excluding hydrogens is 328 g/mol. The van der Waals surface area contributed by atoms with Crippen LogP contribution < -0.4 is 0 Å². The lowest BCUT2D eigenvalue weighted by Crippen LogP contribution is -2.13. The van der Waals surface area contributed by atoms with Crippen molar-refractivity contribution < 1.29 is 14.7 Å². The summed E-state index contributed by atoms with van der Waals surface area (Å²) in [6, 6.07) is 10.7. The molecule has 26 heavy (non-hydrogen) atoms. The molecule has 0 spiro atoms. The van der Waals surface area contributed by atoms with Gasteiger partial charge in [-0.15, -0.1) is 0 Å². The number of ketones is 1. The fraction of sp³-hybridized carbons (Fsp3) is 0.286. The Morgan fingerprint density at radius 1 is 1.15 bits per heavy atom. The summed E-state index contributed by atoms with van der Waals surface area (Å²) >= 11 is 0. The zero-order valence-electron chi connectivity index (χ0n) is 15.2. The van der Waals surface area contributed by atoms with E-state index in [1.807, 2.05) is 31.2 Å². The summed E-state index contributed by atoms with van der Waals surface area (Å²) in [5.74, 6) is -0.952. The van der Waals surface area contributed by atoms with Gasteiger partial charge in [0.1, 0.15) is 5.69 Å². The van der Waals surface area contributed by atoms with Gasteiger partial charge in [0.05, 0.1) is 11.1 Å². The first-order valence-electron chi connectivity index (χ1n) is 8.72. The predicted molar refractivity (Wildman–Crippen MR) is 101 cm³/mol. The maximum Gasteiger partial charge on any atom is 0.338 e. The van der Waals surface area contributed by atoms with Crippen LogP contribution in [0.1, 0.15) is 52.4 Å². The number of aryl methyl sites for hydroxylation is 1. The van der Waals surface area contributed by atoms with Crippen molar-refractivity contribution >= 4 is 22.7 Å². The van der Waals surface area contributed by atoms with E-state index in [1.54, 1.807) is 0 Å². The molecule has 0 bridgehead atoms. The van der Waals surface area contributed by atoms with Gasteiger partial charge < -0.3 is 9.67 Å². The van der Waals surface area contributed by atoms with E-state index in [4.69, 9.17) is 0 Å². The van der Waals surface area contributed by atoms with Crippen molar-refractivity contribution in [2.75, 3.05) is 0 Å².